The molecule has 0 aliphatic heterocycles. The summed E-state index contributed by atoms with van der Waals surface area (Å²) < 4.78 is 11.1. The molecule has 0 aromatic rings. The molecular weight excluding hydrogens is 642 g/mol. The minimum Gasteiger partial charge on any atom is -0.478 e. The third-order valence-electron chi connectivity index (χ3n) is 9.02. The SMILES string of the molecule is CCCCCCCCCCOC(=O)C(C)SC(CCCCCCC)C(OC(=O)CCCN(CCO)CC(O)CCCCCCCC)C(=O)O. The van der Waals surface area contributed by atoms with E-state index in [1.165, 1.54) is 69.5 Å². The van der Waals surface area contributed by atoms with Crippen LogP contribution in [0.4, 0.5) is 0 Å². The molecule has 0 saturated carbocycles. The van der Waals surface area contributed by atoms with Gasteiger partial charge in [0.2, 0.25) is 6.10 Å². The first-order valence-electron chi connectivity index (χ1n) is 20.0. The lowest BCUT2D eigenvalue weighted by Gasteiger charge is -2.26. The van der Waals surface area contributed by atoms with Gasteiger partial charge in [0.15, 0.2) is 0 Å². The molecule has 4 unspecified atom stereocenters. The number of unbranched alkanes of at least 4 members (excludes halogenated alkanes) is 16. The van der Waals surface area contributed by atoms with Gasteiger partial charge < -0.3 is 24.8 Å². The first kappa shape index (κ1) is 47.6. The van der Waals surface area contributed by atoms with Crippen LogP contribution in [0, 0.1) is 0 Å². The molecule has 3 N–H and O–H groups in total. The first-order chi connectivity index (χ1) is 23.7. The zero-order chi connectivity index (χ0) is 36.5. The number of aliphatic hydroxyl groups excluding tert-OH is 2. The first-order valence-corrected chi connectivity index (χ1v) is 20.9. The van der Waals surface area contributed by atoms with Crippen molar-refractivity contribution < 1.29 is 39.2 Å². The monoisotopic (exact) mass is 718 g/mol. The molecule has 0 rings (SSSR count). The van der Waals surface area contributed by atoms with Crippen molar-refractivity contribution in [2.75, 3.05) is 32.8 Å². The van der Waals surface area contributed by atoms with Gasteiger partial charge in [0.05, 0.1) is 24.6 Å². The van der Waals surface area contributed by atoms with Crippen LogP contribution in [0.25, 0.3) is 0 Å². The highest BCUT2D eigenvalue weighted by atomic mass is 32.2. The number of carboxylic acid groups (broad SMARTS) is 1. The molecule has 0 aliphatic rings. The van der Waals surface area contributed by atoms with Gasteiger partial charge in [-0.15, -0.1) is 11.8 Å². The summed E-state index contributed by atoms with van der Waals surface area (Å²) in [6.45, 7) is 9.89. The Kier molecular flexibility index (Phi) is 32.8. The molecule has 49 heavy (non-hydrogen) atoms. The zero-order valence-electron chi connectivity index (χ0n) is 31.8. The second-order valence-corrected chi connectivity index (χ2v) is 15.3. The number of carbonyl (C=O) groups excluding carboxylic acids is 2. The maximum atomic E-state index is 12.9. The van der Waals surface area contributed by atoms with Gasteiger partial charge in [0, 0.05) is 19.5 Å². The summed E-state index contributed by atoms with van der Waals surface area (Å²) in [5.41, 5.74) is 0. The van der Waals surface area contributed by atoms with E-state index in [0.717, 1.165) is 64.2 Å². The van der Waals surface area contributed by atoms with E-state index in [1.807, 2.05) is 4.90 Å². The molecule has 0 aliphatic carbocycles. The fourth-order valence-corrected chi connectivity index (χ4v) is 7.32. The van der Waals surface area contributed by atoms with Crippen LogP contribution in [-0.4, -0.2) is 93.7 Å². The minimum absolute atomic E-state index is 0.0311. The Morgan fingerprint density at radius 3 is 1.73 bits per heavy atom. The fourth-order valence-electron chi connectivity index (χ4n) is 6.00. The standard InChI is InChI=1S/C39H75NO8S/c1-5-8-11-14-16-17-20-23-31-47-39(46)33(4)49-35(26-22-18-13-10-7-3)37(38(44)45)48-36(43)27-24-28-40(29-30-41)32-34(42)25-21-19-15-12-9-6-2/h33-35,37,41-42H,5-32H2,1-4H3,(H,44,45). The van der Waals surface area contributed by atoms with Crippen LogP contribution in [0.15, 0.2) is 0 Å². The Morgan fingerprint density at radius 1 is 0.694 bits per heavy atom. The third-order valence-corrected chi connectivity index (χ3v) is 10.4. The van der Waals surface area contributed by atoms with Gasteiger partial charge in [-0.3, -0.25) is 14.5 Å². The number of aliphatic hydroxyl groups is 2. The van der Waals surface area contributed by atoms with Crippen molar-refractivity contribution in [3.63, 3.8) is 0 Å². The number of nitrogens with zero attached hydrogens (tertiary/aromatic N) is 1. The summed E-state index contributed by atoms with van der Waals surface area (Å²) >= 11 is 1.23. The second kappa shape index (κ2) is 33.8. The van der Waals surface area contributed by atoms with E-state index in [9.17, 15) is 29.7 Å². The summed E-state index contributed by atoms with van der Waals surface area (Å²) in [4.78, 5) is 40.1. The van der Waals surface area contributed by atoms with Crippen LogP contribution < -0.4 is 0 Å². The van der Waals surface area contributed by atoms with Crippen molar-refractivity contribution in [1.29, 1.82) is 0 Å². The molecule has 290 valence electrons. The highest BCUT2D eigenvalue weighted by molar-refractivity contribution is 8.01. The van der Waals surface area contributed by atoms with Gasteiger partial charge >= 0.3 is 17.9 Å². The van der Waals surface area contributed by atoms with Crippen LogP contribution in [0.5, 0.6) is 0 Å². The summed E-state index contributed by atoms with van der Waals surface area (Å²) in [5.74, 6) is -2.16. The van der Waals surface area contributed by atoms with Gasteiger partial charge in [-0.1, -0.05) is 136 Å². The molecule has 0 amide bonds. The number of hydrogen-bond acceptors (Lipinski definition) is 9. The quantitative estimate of drug-likeness (QED) is 0.0427. The van der Waals surface area contributed by atoms with Crippen molar-refractivity contribution in [3.05, 3.63) is 0 Å². The van der Waals surface area contributed by atoms with Crippen molar-refractivity contribution in [2.24, 2.45) is 0 Å². The van der Waals surface area contributed by atoms with E-state index in [-0.39, 0.29) is 19.0 Å². The molecule has 0 radical (unpaired) electrons. The summed E-state index contributed by atoms with van der Waals surface area (Å²) in [7, 11) is 0. The van der Waals surface area contributed by atoms with Gasteiger partial charge in [-0.2, -0.15) is 0 Å². The Hall–Kier alpha value is -1.36. The van der Waals surface area contributed by atoms with E-state index in [2.05, 4.69) is 20.8 Å². The van der Waals surface area contributed by atoms with Crippen LogP contribution in [0.3, 0.4) is 0 Å². The zero-order valence-corrected chi connectivity index (χ0v) is 32.7. The van der Waals surface area contributed by atoms with E-state index in [1.54, 1.807) is 6.92 Å². The molecule has 9 nitrogen and oxygen atoms in total. The predicted octanol–water partition coefficient (Wildman–Crippen LogP) is 8.70. The average Bonchev–Trinajstić information content (AvgIpc) is 3.07. The van der Waals surface area contributed by atoms with Gasteiger partial charge in [0.25, 0.3) is 0 Å². The van der Waals surface area contributed by atoms with E-state index >= 15 is 0 Å². The molecule has 0 spiro atoms. The molecule has 0 fully saturated rings. The molecule has 0 heterocycles. The summed E-state index contributed by atoms with van der Waals surface area (Å²) in [6.07, 6.45) is 21.0. The molecule has 10 heteroatoms. The summed E-state index contributed by atoms with van der Waals surface area (Å²) in [5, 5.41) is 29.0. The van der Waals surface area contributed by atoms with E-state index < -0.39 is 34.6 Å². The van der Waals surface area contributed by atoms with Crippen LogP contribution >= 0.6 is 11.8 Å². The maximum absolute atomic E-state index is 12.9. The molecule has 0 aromatic heterocycles. The lowest BCUT2D eigenvalue weighted by molar-refractivity contribution is -0.164. The molecule has 0 bridgehead atoms. The number of hydrogen-bond donors (Lipinski definition) is 3. The Balaban J connectivity index is 4.96. The number of esters is 2. The van der Waals surface area contributed by atoms with Crippen molar-refractivity contribution in [2.45, 2.75) is 198 Å². The molecule has 4 atom stereocenters. The smallest absolute Gasteiger partial charge is 0.346 e. The van der Waals surface area contributed by atoms with Gasteiger partial charge in [-0.05, 0) is 39.2 Å². The highest BCUT2D eigenvalue weighted by Crippen LogP contribution is 2.29. The fraction of sp³-hybridized carbons (Fsp3) is 0.923. The van der Waals surface area contributed by atoms with Crippen LogP contribution in [0.1, 0.15) is 175 Å². The molecule has 0 aromatic carbocycles. The highest BCUT2D eigenvalue weighted by Gasteiger charge is 2.35. The number of ether oxygens (including phenoxy) is 2. The van der Waals surface area contributed by atoms with Crippen LogP contribution in [0.2, 0.25) is 0 Å². The Morgan fingerprint density at radius 2 is 1.20 bits per heavy atom. The Bertz CT molecular complexity index is 801. The largest absolute Gasteiger partial charge is 0.478 e. The minimum atomic E-state index is -1.36. The predicted molar refractivity (Wildman–Crippen MR) is 202 cm³/mol. The van der Waals surface area contributed by atoms with E-state index in [0.29, 0.717) is 45.5 Å². The number of aliphatic carboxylic acids is 1. The number of rotatable bonds is 36. The topological polar surface area (TPSA) is 134 Å². The number of carbonyl (C=O) groups is 3. The summed E-state index contributed by atoms with van der Waals surface area (Å²) in [6, 6.07) is 0. The average molecular weight is 718 g/mol. The van der Waals surface area contributed by atoms with Gasteiger partial charge in [0.1, 0.15) is 5.25 Å². The molecule has 0 saturated heterocycles. The third kappa shape index (κ3) is 28.0. The van der Waals surface area contributed by atoms with Crippen molar-refractivity contribution in [1.82, 2.24) is 4.90 Å². The van der Waals surface area contributed by atoms with Crippen molar-refractivity contribution >= 4 is 29.7 Å². The lowest BCUT2D eigenvalue weighted by atomic mass is 10.1. The Labute approximate surface area is 304 Å². The lowest BCUT2D eigenvalue weighted by Crippen LogP contribution is -2.39. The second-order valence-electron chi connectivity index (χ2n) is 13.7. The molecular formula is C39H75NO8S. The van der Waals surface area contributed by atoms with Gasteiger partial charge in [-0.25, -0.2) is 4.79 Å². The van der Waals surface area contributed by atoms with Crippen molar-refractivity contribution in [3.8, 4) is 0 Å². The van der Waals surface area contributed by atoms with E-state index in [4.69, 9.17) is 9.47 Å². The number of thioether (sulfide) groups is 1. The normalized spacial score (nSPS) is 14.0. The maximum Gasteiger partial charge on any atom is 0.346 e. The van der Waals surface area contributed by atoms with Crippen LogP contribution in [-0.2, 0) is 23.9 Å². The number of carboxylic acids is 1.